The lowest BCUT2D eigenvalue weighted by Crippen LogP contribution is -2.42. The van der Waals surface area contributed by atoms with Crippen LogP contribution in [-0.2, 0) is 10.0 Å². The molecule has 1 heterocycles. The van der Waals surface area contributed by atoms with Gasteiger partial charge in [0.15, 0.2) is 0 Å². The van der Waals surface area contributed by atoms with E-state index in [1.54, 1.807) is 0 Å². The fourth-order valence-corrected chi connectivity index (χ4v) is 3.75. The predicted molar refractivity (Wildman–Crippen MR) is 76.2 cm³/mol. The number of amides is 2. The maximum absolute atomic E-state index is 11.8. The van der Waals surface area contributed by atoms with Gasteiger partial charge in [0.1, 0.15) is 4.21 Å². The van der Waals surface area contributed by atoms with Crippen molar-refractivity contribution in [1.82, 2.24) is 15.4 Å². The molecular formula is C10H16ClN3O3S2. The molecule has 9 heteroatoms. The van der Waals surface area contributed by atoms with E-state index in [1.165, 1.54) is 12.1 Å². The minimum absolute atomic E-state index is 0.0324. The van der Waals surface area contributed by atoms with Crippen molar-refractivity contribution in [3.05, 3.63) is 16.5 Å². The molecule has 0 aromatic carbocycles. The zero-order valence-electron chi connectivity index (χ0n) is 10.6. The smallest absolute Gasteiger partial charge is 0.315 e. The van der Waals surface area contributed by atoms with Crippen LogP contribution in [0.25, 0.3) is 0 Å². The van der Waals surface area contributed by atoms with E-state index in [4.69, 9.17) is 11.6 Å². The molecule has 1 aromatic heterocycles. The summed E-state index contributed by atoms with van der Waals surface area (Å²) in [6.45, 7) is 3.99. The number of rotatable bonds is 6. The summed E-state index contributed by atoms with van der Waals surface area (Å²) in [5, 5.41) is 5.18. The van der Waals surface area contributed by atoms with Gasteiger partial charge >= 0.3 is 6.03 Å². The van der Waals surface area contributed by atoms with E-state index in [9.17, 15) is 13.2 Å². The summed E-state index contributed by atoms with van der Waals surface area (Å²) >= 11 is 6.66. The number of carbonyl (C=O) groups is 1. The van der Waals surface area contributed by atoms with Crippen molar-refractivity contribution in [1.29, 1.82) is 0 Å². The SMILES string of the molecule is CC(C)NC(=O)NCCNS(=O)(=O)c1ccc(Cl)s1. The molecule has 19 heavy (non-hydrogen) atoms. The van der Waals surface area contributed by atoms with Gasteiger partial charge in [-0.1, -0.05) is 11.6 Å². The van der Waals surface area contributed by atoms with Gasteiger partial charge in [-0.25, -0.2) is 17.9 Å². The van der Waals surface area contributed by atoms with E-state index < -0.39 is 10.0 Å². The predicted octanol–water partition coefficient (Wildman–Crippen LogP) is 1.39. The Bertz CT molecular complexity index is 528. The molecule has 0 aliphatic carbocycles. The summed E-state index contributed by atoms with van der Waals surface area (Å²) in [5.41, 5.74) is 0. The van der Waals surface area contributed by atoms with E-state index in [0.717, 1.165) is 11.3 Å². The van der Waals surface area contributed by atoms with E-state index in [0.29, 0.717) is 4.34 Å². The van der Waals surface area contributed by atoms with Gasteiger partial charge in [-0.3, -0.25) is 0 Å². The Morgan fingerprint density at radius 1 is 1.37 bits per heavy atom. The van der Waals surface area contributed by atoms with Crippen LogP contribution in [0.5, 0.6) is 0 Å². The highest BCUT2D eigenvalue weighted by molar-refractivity contribution is 7.91. The third-order valence-corrected chi connectivity index (χ3v) is 5.12. The molecule has 3 N–H and O–H groups in total. The van der Waals surface area contributed by atoms with Gasteiger partial charge in [-0.2, -0.15) is 0 Å². The van der Waals surface area contributed by atoms with E-state index in [-0.39, 0.29) is 29.4 Å². The monoisotopic (exact) mass is 325 g/mol. The lowest BCUT2D eigenvalue weighted by molar-refractivity contribution is 0.238. The highest BCUT2D eigenvalue weighted by Gasteiger charge is 2.15. The van der Waals surface area contributed by atoms with Gasteiger partial charge in [0.25, 0.3) is 0 Å². The molecule has 1 rings (SSSR count). The molecule has 0 fully saturated rings. The Morgan fingerprint density at radius 2 is 2.05 bits per heavy atom. The first-order valence-electron chi connectivity index (χ1n) is 5.60. The molecule has 0 spiro atoms. The van der Waals surface area contributed by atoms with Crippen LogP contribution >= 0.6 is 22.9 Å². The minimum atomic E-state index is -3.55. The molecule has 0 saturated carbocycles. The highest BCUT2D eigenvalue weighted by Crippen LogP contribution is 2.24. The van der Waals surface area contributed by atoms with Gasteiger partial charge < -0.3 is 10.6 Å². The lowest BCUT2D eigenvalue weighted by Gasteiger charge is -2.10. The molecule has 2 amide bonds. The number of carbonyl (C=O) groups excluding carboxylic acids is 1. The van der Waals surface area contributed by atoms with Crippen LogP contribution in [0.2, 0.25) is 4.34 Å². The van der Waals surface area contributed by atoms with Crippen molar-refractivity contribution in [2.24, 2.45) is 0 Å². The highest BCUT2D eigenvalue weighted by atomic mass is 35.5. The molecule has 0 radical (unpaired) electrons. The van der Waals surface area contributed by atoms with Crippen molar-refractivity contribution >= 4 is 39.0 Å². The number of urea groups is 1. The fraction of sp³-hybridized carbons (Fsp3) is 0.500. The quantitative estimate of drug-likeness (QED) is 0.691. The van der Waals surface area contributed by atoms with Crippen LogP contribution in [0.3, 0.4) is 0 Å². The number of thiophene rings is 1. The normalized spacial score (nSPS) is 11.6. The second-order valence-electron chi connectivity index (χ2n) is 4.01. The second kappa shape index (κ2) is 7.09. The standard InChI is InChI=1S/C10H16ClN3O3S2/c1-7(2)14-10(15)12-5-6-13-19(16,17)9-4-3-8(11)18-9/h3-4,7,13H,5-6H2,1-2H3,(H2,12,14,15). The maximum Gasteiger partial charge on any atom is 0.315 e. The Kier molecular flexibility index (Phi) is 6.05. The van der Waals surface area contributed by atoms with Gasteiger partial charge in [-0.15, -0.1) is 11.3 Å². The van der Waals surface area contributed by atoms with Crippen molar-refractivity contribution in [2.45, 2.75) is 24.1 Å². The minimum Gasteiger partial charge on any atom is -0.337 e. The molecule has 0 atom stereocenters. The zero-order chi connectivity index (χ0) is 14.5. The van der Waals surface area contributed by atoms with Crippen molar-refractivity contribution in [3.63, 3.8) is 0 Å². The van der Waals surface area contributed by atoms with E-state index in [2.05, 4.69) is 15.4 Å². The van der Waals surface area contributed by atoms with Gasteiger partial charge in [0, 0.05) is 19.1 Å². The zero-order valence-corrected chi connectivity index (χ0v) is 13.0. The number of halogens is 1. The Balaban J connectivity index is 2.35. The number of hydrogen-bond donors (Lipinski definition) is 3. The second-order valence-corrected chi connectivity index (χ2v) is 7.72. The molecule has 0 aliphatic heterocycles. The van der Waals surface area contributed by atoms with Crippen LogP contribution in [-0.4, -0.2) is 33.6 Å². The Labute approximate surface area is 121 Å². The molecule has 1 aromatic rings. The lowest BCUT2D eigenvalue weighted by atomic mass is 10.4. The maximum atomic E-state index is 11.8. The van der Waals surface area contributed by atoms with Crippen molar-refractivity contribution < 1.29 is 13.2 Å². The first kappa shape index (κ1) is 16.2. The van der Waals surface area contributed by atoms with Crippen LogP contribution in [0.15, 0.2) is 16.3 Å². The average molecular weight is 326 g/mol. The largest absolute Gasteiger partial charge is 0.337 e. The molecule has 0 saturated heterocycles. The molecule has 108 valence electrons. The van der Waals surface area contributed by atoms with E-state index in [1.807, 2.05) is 13.8 Å². The first-order valence-corrected chi connectivity index (χ1v) is 8.28. The Hall–Kier alpha value is -0.830. The first-order chi connectivity index (χ1) is 8.81. The molecule has 6 nitrogen and oxygen atoms in total. The summed E-state index contributed by atoms with van der Waals surface area (Å²) in [7, 11) is -3.55. The average Bonchev–Trinajstić information content (AvgIpc) is 2.71. The third-order valence-electron chi connectivity index (χ3n) is 1.94. The number of nitrogens with one attached hydrogen (secondary N) is 3. The number of hydrogen-bond acceptors (Lipinski definition) is 4. The van der Waals surface area contributed by atoms with Gasteiger partial charge in [0.05, 0.1) is 4.34 Å². The Morgan fingerprint density at radius 3 is 2.58 bits per heavy atom. The molecule has 0 unspecified atom stereocenters. The fourth-order valence-electron chi connectivity index (χ4n) is 1.19. The topological polar surface area (TPSA) is 87.3 Å². The molecular weight excluding hydrogens is 310 g/mol. The van der Waals surface area contributed by atoms with Crippen molar-refractivity contribution in [2.75, 3.05) is 13.1 Å². The van der Waals surface area contributed by atoms with Crippen LogP contribution in [0, 0.1) is 0 Å². The van der Waals surface area contributed by atoms with Gasteiger partial charge in [-0.05, 0) is 26.0 Å². The molecule has 0 aliphatic rings. The van der Waals surface area contributed by atoms with Gasteiger partial charge in [0.2, 0.25) is 10.0 Å². The van der Waals surface area contributed by atoms with Crippen LogP contribution in [0.1, 0.15) is 13.8 Å². The van der Waals surface area contributed by atoms with Crippen LogP contribution < -0.4 is 15.4 Å². The summed E-state index contributed by atoms with van der Waals surface area (Å²) in [6, 6.07) is 2.67. The molecule has 0 bridgehead atoms. The summed E-state index contributed by atoms with van der Waals surface area (Å²) in [4.78, 5) is 11.2. The summed E-state index contributed by atoms with van der Waals surface area (Å²) < 4.78 is 26.5. The third kappa shape index (κ3) is 5.77. The summed E-state index contributed by atoms with van der Waals surface area (Å²) in [5.74, 6) is 0. The van der Waals surface area contributed by atoms with E-state index >= 15 is 0 Å². The van der Waals surface area contributed by atoms with Crippen molar-refractivity contribution in [3.8, 4) is 0 Å². The number of sulfonamides is 1. The summed E-state index contributed by atoms with van der Waals surface area (Å²) in [6.07, 6.45) is 0. The van der Waals surface area contributed by atoms with Crippen LogP contribution in [0.4, 0.5) is 4.79 Å².